The number of pyridine rings is 1. The molecule has 4 nitrogen and oxygen atoms in total. The van der Waals surface area contributed by atoms with E-state index in [2.05, 4.69) is 16.9 Å². The van der Waals surface area contributed by atoms with Gasteiger partial charge in [0, 0.05) is 23.9 Å². The fourth-order valence-electron chi connectivity index (χ4n) is 3.09. The fraction of sp³-hybridized carbons (Fsp3) is 0.286. The molecule has 0 spiro atoms. The Morgan fingerprint density at radius 2 is 2.12 bits per heavy atom. The van der Waals surface area contributed by atoms with Crippen LogP contribution in [0.1, 0.15) is 47.2 Å². The second-order valence-corrected chi connectivity index (χ2v) is 6.24. The lowest BCUT2D eigenvalue weighted by Gasteiger charge is -2.18. The van der Waals surface area contributed by atoms with Gasteiger partial charge < -0.3 is 5.32 Å². The molecule has 3 rings (SSSR count). The van der Waals surface area contributed by atoms with Gasteiger partial charge in [-0.15, -0.1) is 6.58 Å². The molecule has 0 atom stereocenters. The first-order valence-electron chi connectivity index (χ1n) is 8.71. The summed E-state index contributed by atoms with van der Waals surface area (Å²) in [5.74, 6) is 0.919. The monoisotopic (exact) mass is 333 g/mol. The maximum atomic E-state index is 12.6. The summed E-state index contributed by atoms with van der Waals surface area (Å²) < 4.78 is 0. The van der Waals surface area contributed by atoms with E-state index >= 15 is 0 Å². The van der Waals surface area contributed by atoms with E-state index in [0.29, 0.717) is 6.42 Å². The molecule has 0 saturated heterocycles. The number of aromatic nitrogens is 1. The van der Waals surface area contributed by atoms with Gasteiger partial charge in [-0.1, -0.05) is 18.2 Å². The number of ketones is 1. The molecule has 0 unspecified atom stereocenters. The molecule has 4 heteroatoms. The normalized spacial score (nSPS) is 13.2. The van der Waals surface area contributed by atoms with Crippen LogP contribution in [0, 0.1) is 6.92 Å². The zero-order chi connectivity index (χ0) is 17.6. The summed E-state index contributed by atoms with van der Waals surface area (Å²) >= 11 is 0. The number of nitrogens with zero attached hydrogens (tertiary/aromatic N) is 2. The highest BCUT2D eigenvalue weighted by molar-refractivity contribution is 6.22. The summed E-state index contributed by atoms with van der Waals surface area (Å²) in [7, 11) is 0. The average molecular weight is 333 g/mol. The number of allylic oxidation sites excluding steroid dienone is 1. The lowest BCUT2D eigenvalue weighted by molar-refractivity contribution is 0.0999. The minimum atomic E-state index is 0.124. The maximum Gasteiger partial charge on any atom is 0.171 e. The first-order valence-corrected chi connectivity index (χ1v) is 8.71. The Balaban J connectivity index is 1.85. The summed E-state index contributed by atoms with van der Waals surface area (Å²) in [4.78, 5) is 21.8. The van der Waals surface area contributed by atoms with Crippen molar-refractivity contribution in [3.05, 3.63) is 65.9 Å². The minimum Gasteiger partial charge on any atom is -0.370 e. The molecular weight excluding hydrogens is 310 g/mol. The molecule has 1 aliphatic rings. The van der Waals surface area contributed by atoms with Crippen LogP contribution in [0.3, 0.4) is 0 Å². The zero-order valence-electron chi connectivity index (χ0n) is 14.6. The van der Waals surface area contributed by atoms with Crippen LogP contribution in [0.2, 0.25) is 0 Å². The number of Topliss-reactive ketones (excluding diaryl/α,β-unsaturated/α-hetero) is 1. The van der Waals surface area contributed by atoms with E-state index in [4.69, 9.17) is 4.99 Å². The number of carbonyl (C=O) groups excluding carboxylic acids is 1. The minimum absolute atomic E-state index is 0.124. The van der Waals surface area contributed by atoms with Crippen molar-refractivity contribution in [2.75, 3.05) is 11.9 Å². The predicted octanol–water partition coefficient (Wildman–Crippen LogP) is 4.87. The number of fused-ring (bicyclic) bond motifs is 1. The third-order valence-electron chi connectivity index (χ3n) is 4.36. The highest BCUT2D eigenvalue weighted by atomic mass is 16.1. The first kappa shape index (κ1) is 17.1. The van der Waals surface area contributed by atoms with Gasteiger partial charge in [-0.2, -0.15) is 0 Å². The molecule has 1 aliphatic heterocycles. The Morgan fingerprint density at radius 1 is 1.24 bits per heavy atom. The smallest absolute Gasteiger partial charge is 0.171 e. The first-order chi connectivity index (χ1) is 12.2. The Hall–Kier alpha value is -2.75. The third kappa shape index (κ3) is 3.85. The van der Waals surface area contributed by atoms with Crippen LogP contribution >= 0.6 is 0 Å². The number of aliphatic imine (C=N–C) groups is 1. The molecule has 1 aromatic carbocycles. The van der Waals surface area contributed by atoms with Crippen molar-refractivity contribution in [1.29, 1.82) is 0 Å². The van der Waals surface area contributed by atoms with Crippen LogP contribution in [-0.4, -0.2) is 23.0 Å². The Labute approximate surface area is 148 Å². The molecule has 0 saturated carbocycles. The number of hydrogen-bond donors (Lipinski definition) is 1. The van der Waals surface area contributed by atoms with E-state index in [9.17, 15) is 4.79 Å². The number of unbranched alkanes of at least 4 members (excludes halogenated alkanes) is 2. The van der Waals surface area contributed by atoms with Crippen molar-refractivity contribution in [2.45, 2.75) is 32.6 Å². The molecule has 0 aliphatic carbocycles. The van der Waals surface area contributed by atoms with E-state index in [1.165, 1.54) is 0 Å². The van der Waals surface area contributed by atoms with Crippen LogP contribution in [0.5, 0.6) is 0 Å². The molecule has 1 N–H and O–H groups in total. The number of carbonyl (C=O) groups is 1. The summed E-state index contributed by atoms with van der Waals surface area (Å²) in [6.07, 6.45) is 7.19. The second-order valence-electron chi connectivity index (χ2n) is 6.24. The van der Waals surface area contributed by atoms with E-state index in [1.54, 1.807) is 6.20 Å². The van der Waals surface area contributed by atoms with Gasteiger partial charge >= 0.3 is 0 Å². The van der Waals surface area contributed by atoms with Crippen LogP contribution < -0.4 is 5.32 Å². The van der Waals surface area contributed by atoms with E-state index < -0.39 is 0 Å². The molecule has 25 heavy (non-hydrogen) atoms. The van der Waals surface area contributed by atoms with E-state index in [0.717, 1.165) is 59.7 Å². The SMILES string of the molecule is C=CCCCCNc1ncccc1C1=Nc2cccc(C)c2C(=O)C1. The van der Waals surface area contributed by atoms with Crippen molar-refractivity contribution >= 4 is 23.0 Å². The quantitative estimate of drug-likeness (QED) is 0.581. The van der Waals surface area contributed by atoms with Gasteiger partial charge in [-0.25, -0.2) is 4.98 Å². The molecule has 1 aromatic heterocycles. The van der Waals surface area contributed by atoms with Gasteiger partial charge in [0.1, 0.15) is 5.82 Å². The highest BCUT2D eigenvalue weighted by Gasteiger charge is 2.24. The zero-order valence-corrected chi connectivity index (χ0v) is 14.6. The van der Waals surface area contributed by atoms with Gasteiger partial charge in [0.25, 0.3) is 0 Å². The summed E-state index contributed by atoms with van der Waals surface area (Å²) in [5, 5.41) is 3.38. The summed E-state index contributed by atoms with van der Waals surface area (Å²) in [6.45, 7) is 6.54. The van der Waals surface area contributed by atoms with Crippen molar-refractivity contribution in [1.82, 2.24) is 4.98 Å². The van der Waals surface area contributed by atoms with Crippen molar-refractivity contribution in [3.63, 3.8) is 0 Å². The highest BCUT2D eigenvalue weighted by Crippen LogP contribution is 2.31. The third-order valence-corrected chi connectivity index (χ3v) is 4.36. The number of benzene rings is 1. The average Bonchev–Trinajstić information content (AvgIpc) is 2.61. The Bertz CT molecular complexity index is 824. The fourth-order valence-corrected chi connectivity index (χ4v) is 3.09. The second kappa shape index (κ2) is 7.88. The van der Waals surface area contributed by atoms with Crippen LogP contribution in [0.4, 0.5) is 11.5 Å². The number of aryl methyl sites for hydroxylation is 1. The largest absolute Gasteiger partial charge is 0.370 e. The van der Waals surface area contributed by atoms with Gasteiger partial charge in [-0.3, -0.25) is 9.79 Å². The molecule has 0 amide bonds. The molecule has 0 fully saturated rings. The van der Waals surface area contributed by atoms with Gasteiger partial charge in [0.2, 0.25) is 0 Å². The number of hydrogen-bond acceptors (Lipinski definition) is 4. The van der Waals surface area contributed by atoms with Crippen molar-refractivity contribution in [3.8, 4) is 0 Å². The van der Waals surface area contributed by atoms with Crippen LogP contribution in [0.15, 0.2) is 54.2 Å². The standard InChI is InChI=1S/C21H23N3O/c1-3-4-5-6-12-22-21-16(10-8-13-23-21)18-14-19(25)20-15(2)9-7-11-17(20)24-18/h3,7-11,13H,1,4-6,12,14H2,2H3,(H,22,23). The van der Waals surface area contributed by atoms with Crippen molar-refractivity contribution < 1.29 is 4.79 Å². The topological polar surface area (TPSA) is 54.4 Å². The number of nitrogens with one attached hydrogen (secondary N) is 1. The molecule has 2 aromatic rings. The summed E-state index contributed by atoms with van der Waals surface area (Å²) in [6, 6.07) is 9.66. The molecule has 2 heterocycles. The van der Waals surface area contributed by atoms with Gasteiger partial charge in [-0.05, 0) is 49.9 Å². The molecule has 0 radical (unpaired) electrons. The molecular formula is C21H23N3O. The van der Waals surface area contributed by atoms with Gasteiger partial charge in [0.15, 0.2) is 5.78 Å². The lowest BCUT2D eigenvalue weighted by Crippen LogP contribution is -2.18. The lowest BCUT2D eigenvalue weighted by atomic mass is 9.93. The van der Waals surface area contributed by atoms with Crippen molar-refractivity contribution in [2.24, 2.45) is 4.99 Å². The molecule has 128 valence electrons. The van der Waals surface area contributed by atoms with E-state index in [-0.39, 0.29) is 5.78 Å². The number of rotatable bonds is 7. The van der Waals surface area contributed by atoms with Crippen LogP contribution in [-0.2, 0) is 0 Å². The van der Waals surface area contributed by atoms with E-state index in [1.807, 2.05) is 43.3 Å². The predicted molar refractivity (Wildman–Crippen MR) is 103 cm³/mol. The number of anilines is 1. The molecule has 0 bridgehead atoms. The Kier molecular flexibility index (Phi) is 5.39. The summed E-state index contributed by atoms with van der Waals surface area (Å²) in [5.41, 5.74) is 4.18. The van der Waals surface area contributed by atoms with Gasteiger partial charge in [0.05, 0.1) is 17.8 Å². The Morgan fingerprint density at radius 3 is 2.96 bits per heavy atom. The van der Waals surface area contributed by atoms with Crippen LogP contribution in [0.25, 0.3) is 0 Å². The maximum absolute atomic E-state index is 12.6.